The average molecular weight is 637 g/mol. The smallest absolute Gasteiger partial charge is 0.0149 e. The lowest BCUT2D eigenvalue weighted by atomic mass is 9.82. The van der Waals surface area contributed by atoms with Gasteiger partial charge in [0.05, 0.1) is 0 Å². The van der Waals surface area contributed by atoms with Crippen molar-refractivity contribution in [2.45, 2.75) is 12.8 Å². The first kappa shape index (κ1) is 29.9. The van der Waals surface area contributed by atoms with Gasteiger partial charge in [-0.1, -0.05) is 158 Å². The van der Waals surface area contributed by atoms with Crippen LogP contribution in [0.15, 0.2) is 194 Å². The molecule has 1 aliphatic carbocycles. The van der Waals surface area contributed by atoms with Crippen molar-refractivity contribution in [3.05, 3.63) is 205 Å². The second-order valence-electron chi connectivity index (χ2n) is 13.3. The molecule has 1 aliphatic rings. The van der Waals surface area contributed by atoms with E-state index in [2.05, 4.69) is 194 Å². The molecule has 0 saturated heterocycles. The first-order valence-corrected chi connectivity index (χ1v) is 17.5. The SMILES string of the molecule is c1ccc(-c2cc(-c3ccccc3)cc(-c3ccc4c(c3)CCc3cc(-c5cc(-c6ccccc6)cc(-c6ccccc6)c5)ccc3-4)c2)cc1. The van der Waals surface area contributed by atoms with E-state index in [1.165, 1.54) is 89.0 Å². The number of hydrogen-bond donors (Lipinski definition) is 0. The first-order chi connectivity index (χ1) is 24.7. The zero-order valence-corrected chi connectivity index (χ0v) is 27.9. The van der Waals surface area contributed by atoms with Crippen LogP contribution >= 0.6 is 0 Å². The molecule has 0 spiro atoms. The fraction of sp³-hybridized carbons (Fsp3) is 0.0400. The van der Waals surface area contributed by atoms with Crippen LogP contribution in [0.2, 0.25) is 0 Å². The van der Waals surface area contributed by atoms with Crippen LogP contribution in [0.4, 0.5) is 0 Å². The third kappa shape index (κ3) is 5.87. The summed E-state index contributed by atoms with van der Waals surface area (Å²) in [7, 11) is 0. The van der Waals surface area contributed by atoms with Gasteiger partial charge in [-0.2, -0.15) is 0 Å². The summed E-state index contributed by atoms with van der Waals surface area (Å²) < 4.78 is 0. The largest absolute Gasteiger partial charge is 0.0622 e. The highest BCUT2D eigenvalue weighted by molar-refractivity contribution is 5.86. The predicted molar refractivity (Wildman–Crippen MR) is 212 cm³/mol. The maximum atomic E-state index is 2.43. The third-order valence-corrected chi connectivity index (χ3v) is 10.1. The fourth-order valence-corrected chi connectivity index (χ4v) is 7.53. The van der Waals surface area contributed by atoms with Crippen molar-refractivity contribution in [3.63, 3.8) is 0 Å². The number of hydrogen-bond acceptors (Lipinski definition) is 0. The molecule has 0 saturated carbocycles. The van der Waals surface area contributed by atoms with Crippen molar-refractivity contribution in [2.75, 3.05) is 0 Å². The Morgan fingerprint density at radius 2 is 0.460 bits per heavy atom. The van der Waals surface area contributed by atoms with E-state index in [1.807, 2.05) is 0 Å². The molecule has 9 rings (SSSR count). The van der Waals surface area contributed by atoms with E-state index < -0.39 is 0 Å². The molecule has 0 aromatic heterocycles. The van der Waals surface area contributed by atoms with Crippen LogP contribution in [0.1, 0.15) is 11.1 Å². The van der Waals surface area contributed by atoms with Gasteiger partial charge in [0.2, 0.25) is 0 Å². The Balaban J connectivity index is 1.09. The van der Waals surface area contributed by atoms with E-state index in [-0.39, 0.29) is 0 Å². The second kappa shape index (κ2) is 13.0. The molecule has 0 aliphatic heterocycles. The van der Waals surface area contributed by atoms with Crippen LogP contribution in [0.25, 0.3) is 77.9 Å². The highest BCUT2D eigenvalue weighted by Gasteiger charge is 2.19. The van der Waals surface area contributed by atoms with Crippen LogP contribution in [-0.4, -0.2) is 0 Å². The van der Waals surface area contributed by atoms with Crippen molar-refractivity contribution in [1.29, 1.82) is 0 Å². The van der Waals surface area contributed by atoms with Crippen LogP contribution in [0.5, 0.6) is 0 Å². The molecule has 0 N–H and O–H groups in total. The molecular formula is C50H36. The van der Waals surface area contributed by atoms with Crippen molar-refractivity contribution in [1.82, 2.24) is 0 Å². The Labute approximate surface area is 295 Å². The summed E-state index contributed by atoms with van der Waals surface area (Å²) in [6, 6.07) is 71.1. The Kier molecular flexibility index (Phi) is 7.76. The lowest BCUT2D eigenvalue weighted by Crippen LogP contribution is -2.04. The average Bonchev–Trinajstić information content (AvgIpc) is 3.21. The van der Waals surface area contributed by atoms with Gasteiger partial charge in [0.25, 0.3) is 0 Å². The Bertz CT molecular complexity index is 2150. The van der Waals surface area contributed by atoms with Gasteiger partial charge in [-0.3, -0.25) is 0 Å². The van der Waals surface area contributed by atoms with Crippen LogP contribution in [0.3, 0.4) is 0 Å². The molecule has 0 radical (unpaired) electrons. The topological polar surface area (TPSA) is 0 Å². The van der Waals surface area contributed by atoms with Crippen molar-refractivity contribution in [3.8, 4) is 77.9 Å². The van der Waals surface area contributed by atoms with Gasteiger partial charge in [0.15, 0.2) is 0 Å². The summed E-state index contributed by atoms with van der Waals surface area (Å²) in [5.74, 6) is 0. The molecule has 8 aromatic carbocycles. The van der Waals surface area contributed by atoms with E-state index >= 15 is 0 Å². The summed E-state index contributed by atoms with van der Waals surface area (Å²) >= 11 is 0. The summed E-state index contributed by atoms with van der Waals surface area (Å²) in [6.45, 7) is 0. The highest BCUT2D eigenvalue weighted by atomic mass is 14.2. The monoisotopic (exact) mass is 636 g/mol. The van der Waals surface area contributed by atoms with Gasteiger partial charge in [0.1, 0.15) is 0 Å². The summed E-state index contributed by atoms with van der Waals surface area (Å²) in [6.07, 6.45) is 2.06. The van der Waals surface area contributed by atoms with Gasteiger partial charge in [0, 0.05) is 0 Å². The zero-order chi connectivity index (χ0) is 33.3. The summed E-state index contributed by atoms with van der Waals surface area (Å²) in [5.41, 5.74) is 20.5. The van der Waals surface area contributed by atoms with Crippen molar-refractivity contribution < 1.29 is 0 Å². The number of rotatable bonds is 6. The molecule has 0 heteroatoms. The zero-order valence-electron chi connectivity index (χ0n) is 27.9. The highest BCUT2D eigenvalue weighted by Crippen LogP contribution is 2.41. The van der Waals surface area contributed by atoms with Gasteiger partial charge >= 0.3 is 0 Å². The minimum Gasteiger partial charge on any atom is -0.0622 e. The number of benzene rings is 8. The predicted octanol–water partition coefficient (Wildman–Crippen LogP) is 13.5. The maximum Gasteiger partial charge on any atom is -0.0149 e. The normalized spacial score (nSPS) is 11.8. The van der Waals surface area contributed by atoms with Gasteiger partial charge in [-0.25, -0.2) is 0 Å². The molecule has 0 atom stereocenters. The Morgan fingerprint density at radius 1 is 0.200 bits per heavy atom. The molecule has 0 nitrogen and oxygen atoms in total. The second-order valence-corrected chi connectivity index (χ2v) is 13.3. The first-order valence-electron chi connectivity index (χ1n) is 17.5. The maximum absolute atomic E-state index is 2.43. The molecule has 0 heterocycles. The van der Waals surface area contributed by atoms with Crippen molar-refractivity contribution >= 4 is 0 Å². The van der Waals surface area contributed by atoms with E-state index in [9.17, 15) is 0 Å². The molecule has 236 valence electrons. The van der Waals surface area contributed by atoms with Gasteiger partial charge in [-0.05, 0) is 138 Å². The minimum atomic E-state index is 1.03. The number of fused-ring (bicyclic) bond motifs is 3. The lowest BCUT2D eigenvalue weighted by Gasteiger charge is -2.22. The quantitative estimate of drug-likeness (QED) is 0.170. The standard InChI is InChI=1S/C50H36/c1-5-13-35(14-6-1)43-29-44(36-15-7-2-8-16-36)32-47(31-43)39-23-25-49-41(27-39)21-22-42-28-40(24-26-50(42)49)48-33-45(37-17-9-3-10-18-37)30-46(34-48)38-19-11-4-12-20-38/h1-20,23-34H,21-22H2. The molecule has 8 aromatic rings. The van der Waals surface area contributed by atoms with Crippen molar-refractivity contribution in [2.24, 2.45) is 0 Å². The van der Waals surface area contributed by atoms with Crippen LogP contribution in [0, 0.1) is 0 Å². The number of aryl methyl sites for hydroxylation is 2. The Hall–Kier alpha value is -6.24. The van der Waals surface area contributed by atoms with E-state index in [4.69, 9.17) is 0 Å². The third-order valence-electron chi connectivity index (χ3n) is 10.1. The van der Waals surface area contributed by atoms with Crippen LogP contribution < -0.4 is 0 Å². The molecule has 0 unspecified atom stereocenters. The molecule has 50 heavy (non-hydrogen) atoms. The lowest BCUT2D eigenvalue weighted by molar-refractivity contribution is 0.943. The fourth-order valence-electron chi connectivity index (χ4n) is 7.53. The molecule has 0 fully saturated rings. The summed E-state index contributed by atoms with van der Waals surface area (Å²) in [4.78, 5) is 0. The van der Waals surface area contributed by atoms with Gasteiger partial charge < -0.3 is 0 Å². The van der Waals surface area contributed by atoms with E-state index in [0.29, 0.717) is 0 Å². The molecular weight excluding hydrogens is 601 g/mol. The van der Waals surface area contributed by atoms with Crippen LogP contribution in [-0.2, 0) is 12.8 Å². The van der Waals surface area contributed by atoms with E-state index in [1.54, 1.807) is 0 Å². The summed E-state index contributed by atoms with van der Waals surface area (Å²) in [5, 5.41) is 0. The molecule has 0 amide bonds. The van der Waals surface area contributed by atoms with E-state index in [0.717, 1.165) is 12.8 Å². The Morgan fingerprint density at radius 3 is 0.740 bits per heavy atom. The molecule has 0 bridgehead atoms. The minimum absolute atomic E-state index is 1.03. The van der Waals surface area contributed by atoms with Gasteiger partial charge in [-0.15, -0.1) is 0 Å².